The van der Waals surface area contributed by atoms with E-state index >= 15 is 0 Å². The number of alkyl carbamates (subject to hydrolysis) is 1. The second-order valence-electron chi connectivity index (χ2n) is 11.5. The molecule has 2 aromatic rings. The number of hydrogen-bond acceptors (Lipinski definition) is 6. The zero-order chi connectivity index (χ0) is 28.2. The minimum atomic E-state index is -3.74. The van der Waals surface area contributed by atoms with Crippen molar-refractivity contribution in [1.29, 1.82) is 0 Å². The van der Waals surface area contributed by atoms with Crippen molar-refractivity contribution < 1.29 is 27.7 Å². The van der Waals surface area contributed by atoms with E-state index < -0.39 is 25.1 Å². The highest BCUT2D eigenvalue weighted by atomic mass is 31.2. The third-order valence-electron chi connectivity index (χ3n) is 6.70. The van der Waals surface area contributed by atoms with Crippen LogP contribution in [0.4, 0.5) is 4.79 Å². The smallest absolute Gasteiger partial charge is 0.445 e. The van der Waals surface area contributed by atoms with Gasteiger partial charge in [0.25, 0.3) is 0 Å². The number of nitrogens with one attached hydrogen (secondary N) is 1. The summed E-state index contributed by atoms with van der Waals surface area (Å²) >= 11 is 0. The first-order chi connectivity index (χ1) is 18.6. The molecule has 1 aliphatic rings. The maximum absolute atomic E-state index is 13.0. The van der Waals surface area contributed by atoms with Crippen molar-refractivity contribution in [3.63, 3.8) is 0 Å². The predicted octanol–water partition coefficient (Wildman–Crippen LogP) is 8.16. The van der Waals surface area contributed by atoms with Gasteiger partial charge in [-0.2, -0.15) is 0 Å². The number of unbranched alkanes of at least 4 members (excludes halogenated alkanes) is 5. The molecule has 3 rings (SSSR count). The Kier molecular flexibility index (Phi) is 12.1. The van der Waals surface area contributed by atoms with Gasteiger partial charge in [0.1, 0.15) is 6.61 Å². The number of carbonyl (C=O) groups excluding carboxylic acids is 1. The summed E-state index contributed by atoms with van der Waals surface area (Å²) in [6.07, 6.45) is 9.47. The third-order valence-corrected chi connectivity index (χ3v) is 8.36. The van der Waals surface area contributed by atoms with Gasteiger partial charge in [0, 0.05) is 0 Å². The molecule has 1 fully saturated rings. The fraction of sp³-hybridized carbons (Fsp3) is 0.581. The Morgan fingerprint density at radius 1 is 0.872 bits per heavy atom. The summed E-state index contributed by atoms with van der Waals surface area (Å²) in [7, 11) is -3.74. The molecule has 0 atom stereocenters. The maximum atomic E-state index is 13.0. The van der Waals surface area contributed by atoms with Crippen molar-refractivity contribution in [1.82, 2.24) is 5.32 Å². The lowest BCUT2D eigenvalue weighted by Gasteiger charge is -2.40. The van der Waals surface area contributed by atoms with Gasteiger partial charge in [-0.1, -0.05) is 93.6 Å². The summed E-state index contributed by atoms with van der Waals surface area (Å²) in [6.45, 7) is 7.75. The van der Waals surface area contributed by atoms with Gasteiger partial charge in [-0.15, -0.1) is 0 Å². The zero-order valence-electron chi connectivity index (χ0n) is 24.1. The predicted molar refractivity (Wildman–Crippen MR) is 155 cm³/mol. The normalized spacial score (nSPS) is 21.4. The Balaban J connectivity index is 1.58. The van der Waals surface area contributed by atoms with Gasteiger partial charge in [0.2, 0.25) is 0 Å². The van der Waals surface area contributed by atoms with Crippen molar-refractivity contribution in [3.8, 4) is 0 Å². The van der Waals surface area contributed by atoms with Crippen LogP contribution in [0, 0.1) is 0 Å². The van der Waals surface area contributed by atoms with Crippen LogP contribution in [0.25, 0.3) is 0 Å². The summed E-state index contributed by atoms with van der Waals surface area (Å²) in [6, 6.07) is 18.2. The first-order valence-corrected chi connectivity index (χ1v) is 15.7. The number of amides is 1. The summed E-state index contributed by atoms with van der Waals surface area (Å²) in [4.78, 5) is 12.8. The second-order valence-corrected chi connectivity index (χ2v) is 13.1. The Hall–Kier alpha value is -2.18. The van der Waals surface area contributed by atoms with E-state index in [0.717, 1.165) is 17.5 Å². The van der Waals surface area contributed by atoms with Crippen LogP contribution in [0.15, 0.2) is 54.6 Å². The highest BCUT2D eigenvalue weighted by Gasteiger charge is 2.46. The molecule has 7 nitrogen and oxygen atoms in total. The first kappa shape index (κ1) is 31.3. The van der Waals surface area contributed by atoms with Gasteiger partial charge in [0.15, 0.2) is 0 Å². The average molecular weight is 560 g/mol. The van der Waals surface area contributed by atoms with Crippen LogP contribution >= 0.6 is 7.82 Å². The lowest BCUT2D eigenvalue weighted by atomic mass is 9.92. The summed E-state index contributed by atoms with van der Waals surface area (Å²) in [5, 5.41) is 2.95. The number of rotatable bonds is 14. The van der Waals surface area contributed by atoms with Gasteiger partial charge >= 0.3 is 13.9 Å². The van der Waals surface area contributed by atoms with Crippen LogP contribution in [0.3, 0.4) is 0 Å². The standard InChI is InChI=1S/C31H46NO6P/c1-5-6-7-8-9-11-14-26-17-19-27(20-18-26)21-22-31(24-36-39(34,37-25-31)38-30(2,3)4)32-29(33)35-23-28-15-12-10-13-16-28/h10,12-13,15-20H,5-9,11,14,21-25H2,1-4H3,(H,32,33). The molecule has 216 valence electrons. The molecule has 0 radical (unpaired) electrons. The molecule has 0 aliphatic carbocycles. The average Bonchev–Trinajstić information content (AvgIpc) is 2.90. The van der Waals surface area contributed by atoms with Crippen molar-refractivity contribution in [3.05, 3.63) is 71.3 Å². The number of phosphoric ester groups is 1. The number of aryl methyl sites for hydroxylation is 2. The largest absolute Gasteiger partial charge is 0.475 e. The van der Waals surface area contributed by atoms with E-state index in [1.54, 1.807) is 20.8 Å². The number of carbonyl (C=O) groups is 1. The molecule has 1 saturated heterocycles. The molecule has 0 bridgehead atoms. The highest BCUT2D eigenvalue weighted by Crippen LogP contribution is 2.56. The number of phosphoric acid groups is 1. The topological polar surface area (TPSA) is 83.1 Å². The van der Waals surface area contributed by atoms with E-state index in [4.69, 9.17) is 18.3 Å². The lowest BCUT2D eigenvalue weighted by Crippen LogP contribution is -2.57. The Labute approximate surface area is 234 Å². The quantitative estimate of drug-likeness (QED) is 0.186. The molecule has 1 N–H and O–H groups in total. The van der Waals surface area contributed by atoms with Crippen LogP contribution in [0.1, 0.15) is 89.3 Å². The summed E-state index contributed by atoms with van der Waals surface area (Å²) in [5.41, 5.74) is 1.79. The van der Waals surface area contributed by atoms with Crippen LogP contribution in [-0.2, 0) is 42.3 Å². The van der Waals surface area contributed by atoms with E-state index in [0.29, 0.717) is 12.8 Å². The minimum absolute atomic E-state index is 0.00307. The maximum Gasteiger partial charge on any atom is 0.475 e. The molecule has 8 heteroatoms. The molecular formula is C31H46NO6P. The first-order valence-electron chi connectivity index (χ1n) is 14.3. The Bertz CT molecular complexity index is 1040. The van der Waals surface area contributed by atoms with Crippen LogP contribution in [0.2, 0.25) is 0 Å². The van der Waals surface area contributed by atoms with Gasteiger partial charge in [-0.05, 0) is 63.1 Å². The van der Waals surface area contributed by atoms with Crippen LogP contribution in [0.5, 0.6) is 0 Å². The molecule has 2 aromatic carbocycles. The van der Waals surface area contributed by atoms with Crippen LogP contribution < -0.4 is 5.32 Å². The molecule has 1 amide bonds. The molecule has 0 saturated carbocycles. The summed E-state index contributed by atoms with van der Waals surface area (Å²) in [5.74, 6) is 0. The second kappa shape index (κ2) is 15.0. The minimum Gasteiger partial charge on any atom is -0.445 e. The van der Waals surface area contributed by atoms with Gasteiger partial charge in [-0.25, -0.2) is 9.36 Å². The van der Waals surface area contributed by atoms with Crippen molar-refractivity contribution in [2.45, 2.75) is 103 Å². The van der Waals surface area contributed by atoms with Gasteiger partial charge in [0.05, 0.1) is 24.4 Å². The number of benzene rings is 2. The molecule has 0 spiro atoms. The highest BCUT2D eigenvalue weighted by molar-refractivity contribution is 7.48. The van der Waals surface area contributed by atoms with E-state index in [9.17, 15) is 9.36 Å². The third kappa shape index (κ3) is 11.4. The fourth-order valence-corrected chi connectivity index (χ4v) is 6.15. The number of hydrogen-bond donors (Lipinski definition) is 1. The Morgan fingerprint density at radius 3 is 2.08 bits per heavy atom. The van der Waals surface area contributed by atoms with E-state index in [2.05, 4.69) is 36.5 Å². The van der Waals surface area contributed by atoms with E-state index in [1.807, 2.05) is 30.3 Å². The molecule has 39 heavy (non-hydrogen) atoms. The Morgan fingerprint density at radius 2 is 1.46 bits per heavy atom. The molecule has 1 heterocycles. The molecule has 1 aliphatic heterocycles. The van der Waals surface area contributed by atoms with Crippen LogP contribution in [-0.4, -0.2) is 30.4 Å². The van der Waals surface area contributed by atoms with Crippen molar-refractivity contribution >= 4 is 13.9 Å². The monoisotopic (exact) mass is 559 g/mol. The summed E-state index contributed by atoms with van der Waals surface area (Å²) < 4.78 is 35.3. The molecule has 0 aromatic heterocycles. The van der Waals surface area contributed by atoms with E-state index in [-0.39, 0.29) is 19.8 Å². The SMILES string of the molecule is CCCCCCCCc1ccc(CCC2(NC(=O)OCc3ccccc3)COP(=O)(OC(C)(C)C)OC2)cc1. The van der Waals surface area contributed by atoms with E-state index in [1.165, 1.54) is 44.1 Å². The molecular weight excluding hydrogens is 513 g/mol. The molecule has 0 unspecified atom stereocenters. The van der Waals surface area contributed by atoms with Crippen molar-refractivity contribution in [2.75, 3.05) is 13.2 Å². The zero-order valence-corrected chi connectivity index (χ0v) is 25.0. The fourth-order valence-electron chi connectivity index (χ4n) is 4.49. The lowest BCUT2D eigenvalue weighted by molar-refractivity contribution is -0.0227. The number of ether oxygens (including phenoxy) is 1. The van der Waals surface area contributed by atoms with Gasteiger partial charge in [-0.3, -0.25) is 13.6 Å². The van der Waals surface area contributed by atoms with Gasteiger partial charge < -0.3 is 10.1 Å². The van der Waals surface area contributed by atoms with Crippen molar-refractivity contribution in [2.24, 2.45) is 0 Å².